The van der Waals surface area contributed by atoms with Crippen molar-refractivity contribution in [3.05, 3.63) is 27.6 Å². The average molecular weight is 292 g/mol. The molecule has 20 heavy (non-hydrogen) atoms. The van der Waals surface area contributed by atoms with E-state index in [4.69, 9.17) is 0 Å². The second kappa shape index (κ2) is 5.27. The van der Waals surface area contributed by atoms with Gasteiger partial charge in [-0.1, -0.05) is 0 Å². The third-order valence-electron chi connectivity index (χ3n) is 4.34. The van der Waals surface area contributed by atoms with Gasteiger partial charge in [-0.25, -0.2) is 4.98 Å². The van der Waals surface area contributed by atoms with Crippen LogP contribution in [-0.2, 0) is 6.54 Å². The molecule has 0 amide bonds. The van der Waals surface area contributed by atoms with Crippen LogP contribution in [0.5, 0.6) is 0 Å². The van der Waals surface area contributed by atoms with Crippen molar-refractivity contribution in [2.24, 2.45) is 0 Å². The Morgan fingerprint density at radius 1 is 1.50 bits per heavy atom. The van der Waals surface area contributed by atoms with Crippen LogP contribution >= 0.6 is 11.3 Å². The first kappa shape index (κ1) is 13.7. The number of H-pyrrole nitrogens is 1. The molecule has 0 spiro atoms. The summed E-state index contributed by atoms with van der Waals surface area (Å²) in [5.74, 6) is 0.717. The van der Waals surface area contributed by atoms with Crippen molar-refractivity contribution < 1.29 is 0 Å². The number of hydrogen-bond acceptors (Lipinski definition) is 5. The van der Waals surface area contributed by atoms with E-state index in [0.717, 1.165) is 12.1 Å². The quantitative estimate of drug-likeness (QED) is 0.878. The average Bonchev–Trinajstić information content (AvgIpc) is 2.80. The molecule has 2 N–H and O–H groups in total. The molecule has 0 atom stereocenters. The highest BCUT2D eigenvalue weighted by Crippen LogP contribution is 2.35. The van der Waals surface area contributed by atoms with Crippen molar-refractivity contribution in [1.82, 2.24) is 20.2 Å². The summed E-state index contributed by atoms with van der Waals surface area (Å²) in [6.45, 7) is 1.54. The third kappa shape index (κ3) is 2.39. The Hall–Kier alpha value is -1.24. The Morgan fingerprint density at radius 2 is 2.30 bits per heavy atom. The SMILES string of the molecule is CN(C)C1(CNCc2nc3ccsc3c(=O)[nH]2)CCC1. The van der Waals surface area contributed by atoms with Gasteiger partial charge in [-0.15, -0.1) is 11.3 Å². The monoisotopic (exact) mass is 292 g/mol. The van der Waals surface area contributed by atoms with Gasteiger partial charge in [-0.2, -0.15) is 0 Å². The lowest BCUT2D eigenvalue weighted by atomic mass is 9.75. The molecule has 108 valence electrons. The lowest BCUT2D eigenvalue weighted by Gasteiger charge is -2.47. The molecule has 1 aliphatic carbocycles. The van der Waals surface area contributed by atoms with Crippen molar-refractivity contribution in [2.45, 2.75) is 31.3 Å². The Balaban J connectivity index is 1.67. The first-order valence-corrected chi connectivity index (χ1v) is 7.83. The van der Waals surface area contributed by atoms with Crippen molar-refractivity contribution in [3.8, 4) is 0 Å². The van der Waals surface area contributed by atoms with Crippen LogP contribution in [0.4, 0.5) is 0 Å². The fraction of sp³-hybridized carbons (Fsp3) is 0.571. The molecule has 5 nitrogen and oxygen atoms in total. The van der Waals surface area contributed by atoms with E-state index in [1.54, 1.807) is 0 Å². The van der Waals surface area contributed by atoms with Gasteiger partial charge in [0, 0.05) is 12.1 Å². The molecule has 2 aromatic rings. The molecular formula is C14H20N4OS. The van der Waals surface area contributed by atoms with Crippen LogP contribution in [0.1, 0.15) is 25.1 Å². The predicted octanol–water partition coefficient (Wildman–Crippen LogP) is 1.56. The van der Waals surface area contributed by atoms with Gasteiger partial charge in [0.2, 0.25) is 0 Å². The first-order valence-electron chi connectivity index (χ1n) is 6.95. The molecule has 1 aliphatic rings. The zero-order valence-electron chi connectivity index (χ0n) is 11.9. The van der Waals surface area contributed by atoms with Crippen LogP contribution in [0.15, 0.2) is 16.2 Å². The lowest BCUT2D eigenvalue weighted by molar-refractivity contribution is 0.0596. The van der Waals surface area contributed by atoms with Crippen molar-refractivity contribution in [1.29, 1.82) is 0 Å². The first-order chi connectivity index (χ1) is 9.61. The van der Waals surface area contributed by atoms with Crippen LogP contribution in [0.25, 0.3) is 10.2 Å². The highest BCUT2D eigenvalue weighted by atomic mass is 32.1. The molecule has 0 aliphatic heterocycles. The summed E-state index contributed by atoms with van der Waals surface area (Å²) in [4.78, 5) is 21.5. The summed E-state index contributed by atoms with van der Waals surface area (Å²) in [5.41, 5.74) is 1.04. The molecule has 1 saturated carbocycles. The number of likely N-dealkylation sites (N-methyl/N-ethyl adjacent to an activating group) is 1. The summed E-state index contributed by atoms with van der Waals surface area (Å²) in [7, 11) is 4.27. The topological polar surface area (TPSA) is 61.0 Å². The summed E-state index contributed by atoms with van der Waals surface area (Å²) in [6.07, 6.45) is 3.77. The number of hydrogen-bond donors (Lipinski definition) is 2. The number of fused-ring (bicyclic) bond motifs is 1. The van der Waals surface area contributed by atoms with E-state index in [9.17, 15) is 4.79 Å². The minimum Gasteiger partial charge on any atom is -0.308 e. The summed E-state index contributed by atoms with van der Waals surface area (Å²) >= 11 is 1.43. The van der Waals surface area contributed by atoms with Crippen LogP contribution in [-0.4, -0.2) is 41.0 Å². The smallest absolute Gasteiger partial charge is 0.268 e. The van der Waals surface area contributed by atoms with E-state index in [2.05, 4.69) is 34.3 Å². The standard InChI is InChI=1S/C14H20N4OS/c1-18(2)14(5-3-6-14)9-15-8-11-16-10-4-7-20-12(10)13(19)17-11/h4,7,15H,3,5-6,8-9H2,1-2H3,(H,16,17,19). The molecule has 0 bridgehead atoms. The van der Waals surface area contributed by atoms with Gasteiger partial charge >= 0.3 is 0 Å². The second-order valence-corrected chi connectivity index (χ2v) is 6.64. The van der Waals surface area contributed by atoms with Gasteiger partial charge in [0.25, 0.3) is 5.56 Å². The van der Waals surface area contributed by atoms with E-state index < -0.39 is 0 Å². The fourth-order valence-corrected chi connectivity index (χ4v) is 3.51. The fourth-order valence-electron chi connectivity index (χ4n) is 2.79. The van der Waals surface area contributed by atoms with Gasteiger partial charge in [0.15, 0.2) is 0 Å². The third-order valence-corrected chi connectivity index (χ3v) is 5.25. The van der Waals surface area contributed by atoms with Crippen molar-refractivity contribution in [3.63, 3.8) is 0 Å². The molecule has 0 unspecified atom stereocenters. The summed E-state index contributed by atoms with van der Waals surface area (Å²) < 4.78 is 0.706. The molecule has 6 heteroatoms. The molecule has 2 heterocycles. The molecule has 0 saturated heterocycles. The summed E-state index contributed by atoms with van der Waals surface area (Å²) in [6, 6.07) is 1.89. The zero-order valence-corrected chi connectivity index (χ0v) is 12.7. The molecule has 0 radical (unpaired) electrons. The van der Waals surface area contributed by atoms with Crippen molar-refractivity contribution in [2.75, 3.05) is 20.6 Å². The van der Waals surface area contributed by atoms with E-state index in [1.165, 1.54) is 30.6 Å². The molecular weight excluding hydrogens is 272 g/mol. The minimum absolute atomic E-state index is 0.0345. The number of nitrogens with zero attached hydrogens (tertiary/aromatic N) is 2. The van der Waals surface area contributed by atoms with Gasteiger partial charge < -0.3 is 15.2 Å². The molecule has 1 fully saturated rings. The van der Waals surface area contributed by atoms with E-state index in [-0.39, 0.29) is 11.1 Å². The summed E-state index contributed by atoms with van der Waals surface area (Å²) in [5, 5.41) is 5.34. The Labute approximate surface area is 122 Å². The van der Waals surface area contributed by atoms with Gasteiger partial charge in [-0.3, -0.25) is 4.79 Å². The van der Waals surface area contributed by atoms with Gasteiger partial charge in [-0.05, 0) is 44.8 Å². The van der Waals surface area contributed by atoms with Crippen LogP contribution in [0, 0.1) is 0 Å². The van der Waals surface area contributed by atoms with Crippen LogP contribution in [0.2, 0.25) is 0 Å². The maximum absolute atomic E-state index is 11.9. The normalized spacial score (nSPS) is 17.6. The van der Waals surface area contributed by atoms with E-state index in [1.807, 2.05) is 11.4 Å². The second-order valence-electron chi connectivity index (χ2n) is 5.72. The van der Waals surface area contributed by atoms with Crippen molar-refractivity contribution >= 4 is 21.6 Å². The number of aromatic nitrogens is 2. The maximum Gasteiger partial charge on any atom is 0.268 e. The highest BCUT2D eigenvalue weighted by molar-refractivity contribution is 7.17. The number of rotatable bonds is 5. The largest absolute Gasteiger partial charge is 0.308 e. The predicted molar refractivity (Wildman–Crippen MR) is 82.2 cm³/mol. The Kier molecular flexibility index (Phi) is 3.62. The maximum atomic E-state index is 11.9. The Bertz CT molecular complexity index is 656. The van der Waals surface area contributed by atoms with E-state index in [0.29, 0.717) is 17.1 Å². The molecule has 0 aromatic carbocycles. The van der Waals surface area contributed by atoms with Gasteiger partial charge in [0.05, 0.1) is 12.1 Å². The highest BCUT2D eigenvalue weighted by Gasteiger charge is 2.38. The lowest BCUT2D eigenvalue weighted by Crippen LogP contribution is -2.56. The molecule has 3 rings (SSSR count). The Morgan fingerprint density at radius 3 is 2.95 bits per heavy atom. The number of aromatic amines is 1. The minimum atomic E-state index is -0.0345. The van der Waals surface area contributed by atoms with Gasteiger partial charge in [0.1, 0.15) is 10.5 Å². The van der Waals surface area contributed by atoms with E-state index >= 15 is 0 Å². The number of thiophene rings is 1. The van der Waals surface area contributed by atoms with Crippen LogP contribution < -0.4 is 10.9 Å². The molecule has 2 aromatic heterocycles. The zero-order chi connectivity index (χ0) is 14.2. The number of nitrogens with one attached hydrogen (secondary N) is 2. The van der Waals surface area contributed by atoms with Crippen LogP contribution in [0.3, 0.4) is 0 Å².